The first-order valence-corrected chi connectivity index (χ1v) is 8.75. The van der Waals surface area contributed by atoms with Crippen LogP contribution in [-0.4, -0.2) is 12.5 Å². The van der Waals surface area contributed by atoms with Crippen LogP contribution >= 0.6 is 0 Å². The molecule has 3 heteroatoms. The Labute approximate surface area is 155 Å². The maximum atomic E-state index is 12.5. The third-order valence-electron chi connectivity index (χ3n) is 4.01. The van der Waals surface area contributed by atoms with Crippen LogP contribution in [0, 0.1) is 6.92 Å². The number of anilines is 1. The highest BCUT2D eigenvalue weighted by molar-refractivity contribution is 6.08. The summed E-state index contributed by atoms with van der Waals surface area (Å²) in [6.07, 6.45) is 5.40. The molecule has 1 aliphatic heterocycles. The van der Waals surface area contributed by atoms with Crippen molar-refractivity contribution in [1.29, 1.82) is 0 Å². The molecule has 1 amide bonds. The summed E-state index contributed by atoms with van der Waals surface area (Å²) in [4.78, 5) is 12.5. The maximum Gasteiger partial charge on any atom is 0.255 e. The Balaban J connectivity index is 0.00000117. The van der Waals surface area contributed by atoms with E-state index in [9.17, 15) is 4.79 Å². The lowest BCUT2D eigenvalue weighted by atomic mass is 9.96. The Bertz CT molecular complexity index is 845. The van der Waals surface area contributed by atoms with E-state index in [0.29, 0.717) is 5.57 Å². The van der Waals surface area contributed by atoms with Crippen molar-refractivity contribution in [3.8, 4) is 5.75 Å². The number of nitrogens with one attached hydrogen (secondary N) is 1. The van der Waals surface area contributed by atoms with Crippen molar-refractivity contribution in [3.63, 3.8) is 0 Å². The van der Waals surface area contributed by atoms with Crippen LogP contribution in [0.15, 0.2) is 55.1 Å². The van der Waals surface area contributed by atoms with Gasteiger partial charge in [-0.15, -0.1) is 0 Å². The number of fused-ring (bicyclic) bond motifs is 1. The van der Waals surface area contributed by atoms with Crippen molar-refractivity contribution in [2.45, 2.75) is 20.8 Å². The summed E-state index contributed by atoms with van der Waals surface area (Å²) in [6, 6.07) is 11.5. The van der Waals surface area contributed by atoms with Gasteiger partial charge in [0.1, 0.15) is 12.4 Å². The zero-order chi connectivity index (χ0) is 19.1. The average Bonchev–Trinajstić information content (AvgIpc) is 2.69. The second-order valence-corrected chi connectivity index (χ2v) is 5.67. The first kappa shape index (κ1) is 19.3. The number of hydrogen-bond acceptors (Lipinski definition) is 2. The highest BCUT2D eigenvalue weighted by Crippen LogP contribution is 2.33. The molecule has 0 saturated carbocycles. The third-order valence-corrected chi connectivity index (χ3v) is 4.01. The first-order valence-electron chi connectivity index (χ1n) is 8.75. The molecule has 0 atom stereocenters. The molecule has 0 bridgehead atoms. The van der Waals surface area contributed by atoms with Crippen molar-refractivity contribution in [1.82, 2.24) is 0 Å². The monoisotopic (exact) mass is 347 g/mol. The van der Waals surface area contributed by atoms with Crippen LogP contribution in [-0.2, 0) is 4.79 Å². The normalized spacial score (nSPS) is 11.7. The van der Waals surface area contributed by atoms with Gasteiger partial charge in [-0.3, -0.25) is 4.79 Å². The fourth-order valence-electron chi connectivity index (χ4n) is 2.66. The Morgan fingerprint density at radius 1 is 1.08 bits per heavy atom. The van der Waals surface area contributed by atoms with Crippen LogP contribution in [0.1, 0.15) is 36.1 Å². The molecule has 0 aliphatic carbocycles. The topological polar surface area (TPSA) is 38.3 Å². The first-order chi connectivity index (χ1) is 12.6. The van der Waals surface area contributed by atoms with E-state index in [2.05, 4.69) is 18.5 Å². The summed E-state index contributed by atoms with van der Waals surface area (Å²) in [7, 11) is 0. The molecule has 0 radical (unpaired) electrons. The number of hydrogen-bond donors (Lipinski definition) is 1. The molecule has 26 heavy (non-hydrogen) atoms. The molecule has 0 aromatic heterocycles. The Morgan fingerprint density at radius 2 is 1.77 bits per heavy atom. The lowest BCUT2D eigenvalue weighted by Gasteiger charge is -2.20. The molecule has 2 aromatic rings. The highest BCUT2D eigenvalue weighted by atomic mass is 16.5. The number of carbonyl (C=O) groups is 1. The quantitative estimate of drug-likeness (QED) is 0.768. The molecule has 0 unspecified atom stereocenters. The van der Waals surface area contributed by atoms with Crippen molar-refractivity contribution >= 4 is 29.8 Å². The van der Waals surface area contributed by atoms with Gasteiger partial charge in [-0.2, -0.15) is 0 Å². The van der Waals surface area contributed by atoms with Crippen molar-refractivity contribution in [3.05, 3.63) is 77.4 Å². The molecule has 1 N–H and O–H groups in total. The predicted octanol–water partition coefficient (Wildman–Crippen LogP) is 5.72. The smallest absolute Gasteiger partial charge is 0.255 e. The summed E-state index contributed by atoms with van der Waals surface area (Å²) in [5.41, 5.74) is 5.23. The highest BCUT2D eigenvalue weighted by Gasteiger charge is 2.20. The molecule has 0 saturated heterocycles. The van der Waals surface area contributed by atoms with E-state index in [4.69, 9.17) is 4.74 Å². The second-order valence-electron chi connectivity index (χ2n) is 5.67. The molecule has 3 nitrogen and oxygen atoms in total. The van der Waals surface area contributed by atoms with E-state index in [0.717, 1.165) is 33.7 Å². The zero-order valence-corrected chi connectivity index (χ0v) is 15.6. The summed E-state index contributed by atoms with van der Waals surface area (Å²) in [5.74, 6) is 0.589. The van der Waals surface area contributed by atoms with Crippen molar-refractivity contribution in [2.24, 2.45) is 0 Å². The SMILES string of the molecule is C=Cc1ccc2c(c1C=C)C=C(C(=O)Nc1ccc(C)cc1)CO2.CC. The van der Waals surface area contributed by atoms with Gasteiger partial charge in [0.2, 0.25) is 0 Å². The van der Waals surface area contributed by atoms with Gasteiger partial charge in [0, 0.05) is 11.3 Å². The van der Waals surface area contributed by atoms with Gasteiger partial charge in [-0.05, 0) is 42.3 Å². The molecule has 2 aromatic carbocycles. The minimum absolute atomic E-state index is 0.163. The standard InChI is InChI=1S/C21H19NO2.C2H6/c1-4-15-8-11-20-19(18(15)5-2)12-16(13-24-20)21(23)22-17-9-6-14(3)7-10-17;1-2/h4-12H,1-2,13H2,3H3,(H,22,23);1-2H3. The molecule has 134 valence electrons. The second kappa shape index (κ2) is 8.86. The van der Waals surface area contributed by atoms with E-state index in [-0.39, 0.29) is 12.5 Å². The number of benzene rings is 2. The molecule has 0 fully saturated rings. The fourth-order valence-corrected chi connectivity index (χ4v) is 2.66. The number of amides is 1. The average molecular weight is 347 g/mol. The third kappa shape index (κ3) is 4.12. The number of aryl methyl sites for hydroxylation is 1. The molecule has 1 aliphatic rings. The number of rotatable bonds is 4. The molecule has 1 heterocycles. The lowest BCUT2D eigenvalue weighted by Crippen LogP contribution is -2.21. The van der Waals surface area contributed by atoms with E-state index >= 15 is 0 Å². The van der Waals surface area contributed by atoms with Crippen LogP contribution in [0.25, 0.3) is 18.2 Å². The van der Waals surface area contributed by atoms with Crippen LogP contribution in [0.4, 0.5) is 5.69 Å². The van der Waals surface area contributed by atoms with Gasteiger partial charge in [-0.1, -0.05) is 62.9 Å². The van der Waals surface area contributed by atoms with E-state index < -0.39 is 0 Å². The van der Waals surface area contributed by atoms with Crippen LogP contribution < -0.4 is 10.1 Å². The number of carbonyl (C=O) groups excluding carboxylic acids is 1. The van der Waals surface area contributed by atoms with E-state index in [1.165, 1.54) is 0 Å². The van der Waals surface area contributed by atoms with Crippen molar-refractivity contribution in [2.75, 3.05) is 11.9 Å². The van der Waals surface area contributed by atoms with Gasteiger partial charge < -0.3 is 10.1 Å². The summed E-state index contributed by atoms with van der Waals surface area (Å²) < 4.78 is 5.74. The summed E-state index contributed by atoms with van der Waals surface area (Å²) in [6.45, 7) is 13.9. The number of ether oxygens (including phenoxy) is 1. The van der Waals surface area contributed by atoms with E-state index in [1.807, 2.05) is 63.2 Å². The Kier molecular flexibility index (Phi) is 6.56. The minimum Gasteiger partial charge on any atom is -0.488 e. The van der Waals surface area contributed by atoms with Crippen LogP contribution in [0.3, 0.4) is 0 Å². The van der Waals surface area contributed by atoms with Gasteiger partial charge in [-0.25, -0.2) is 0 Å². The Morgan fingerprint density at radius 3 is 2.38 bits per heavy atom. The summed E-state index contributed by atoms with van der Waals surface area (Å²) >= 11 is 0. The molecular weight excluding hydrogens is 322 g/mol. The maximum absolute atomic E-state index is 12.5. The van der Waals surface area contributed by atoms with Gasteiger partial charge in [0.25, 0.3) is 5.91 Å². The largest absolute Gasteiger partial charge is 0.488 e. The van der Waals surface area contributed by atoms with E-state index in [1.54, 1.807) is 12.2 Å². The van der Waals surface area contributed by atoms with Crippen LogP contribution in [0.2, 0.25) is 0 Å². The molecule has 3 rings (SSSR count). The van der Waals surface area contributed by atoms with Crippen molar-refractivity contribution < 1.29 is 9.53 Å². The lowest BCUT2D eigenvalue weighted by molar-refractivity contribution is -0.113. The molecule has 0 spiro atoms. The molecular formula is C23H25NO2. The zero-order valence-electron chi connectivity index (χ0n) is 15.6. The minimum atomic E-state index is -0.163. The fraction of sp³-hybridized carbons (Fsp3) is 0.174. The summed E-state index contributed by atoms with van der Waals surface area (Å²) in [5, 5.41) is 2.90. The predicted molar refractivity (Wildman–Crippen MR) is 111 cm³/mol. The van der Waals surface area contributed by atoms with Gasteiger partial charge >= 0.3 is 0 Å². The van der Waals surface area contributed by atoms with Crippen LogP contribution in [0.5, 0.6) is 5.75 Å². The Hall–Kier alpha value is -3.07. The van der Waals surface area contributed by atoms with Gasteiger partial charge in [0.15, 0.2) is 0 Å². The van der Waals surface area contributed by atoms with Gasteiger partial charge in [0.05, 0.1) is 5.57 Å².